The van der Waals surface area contributed by atoms with Gasteiger partial charge in [0.1, 0.15) is 11.2 Å². The first-order valence-corrected chi connectivity index (χ1v) is 16.0. The van der Waals surface area contributed by atoms with Gasteiger partial charge in [0.05, 0.1) is 0 Å². The van der Waals surface area contributed by atoms with Crippen LogP contribution in [0.2, 0.25) is 0 Å². The largest absolute Gasteiger partial charge is 0.444 e. The van der Waals surface area contributed by atoms with Crippen molar-refractivity contribution in [2.75, 3.05) is 11.9 Å². The average Bonchev–Trinajstić information content (AvgIpc) is 2.96. The number of nitrogens with zero attached hydrogens (tertiary/aromatic N) is 3. The predicted molar refractivity (Wildman–Crippen MR) is 169 cm³/mol. The number of amides is 1. The number of nitrogens with one attached hydrogen (secondary N) is 3. The molecule has 0 bridgehead atoms. The van der Waals surface area contributed by atoms with Crippen molar-refractivity contribution in [2.24, 2.45) is 0 Å². The molecular weight excluding hydrogens is 528 g/mol. The Morgan fingerprint density at radius 3 is 2.48 bits per heavy atom. The Bertz CT molecular complexity index is 1430. The van der Waals surface area contributed by atoms with Gasteiger partial charge in [0.2, 0.25) is 5.95 Å². The van der Waals surface area contributed by atoms with E-state index in [1.807, 2.05) is 31.5 Å². The van der Waals surface area contributed by atoms with Gasteiger partial charge in [-0.15, -0.1) is 0 Å². The van der Waals surface area contributed by atoms with Gasteiger partial charge < -0.3 is 20.7 Å². The second-order valence-corrected chi connectivity index (χ2v) is 13.1. The molecule has 42 heavy (non-hydrogen) atoms. The number of unbranched alkanes of at least 4 members (excludes halogenated alkanes) is 1. The number of carbonyl (C=O) groups is 1. The van der Waals surface area contributed by atoms with Crippen molar-refractivity contribution in [3.8, 4) is 0 Å². The Balaban J connectivity index is 1.44. The third kappa shape index (κ3) is 7.41. The lowest BCUT2D eigenvalue weighted by atomic mass is 9.90. The first-order valence-electron chi connectivity index (χ1n) is 16.0. The van der Waals surface area contributed by atoms with Crippen LogP contribution in [0.15, 0.2) is 29.2 Å². The van der Waals surface area contributed by atoms with Gasteiger partial charge in [0.25, 0.3) is 5.56 Å². The molecule has 2 heterocycles. The summed E-state index contributed by atoms with van der Waals surface area (Å²) >= 11 is 0. The maximum atomic E-state index is 14.3. The fourth-order valence-electron chi connectivity index (χ4n) is 6.41. The molecule has 2 aliphatic rings. The van der Waals surface area contributed by atoms with Gasteiger partial charge in [-0.25, -0.2) is 9.78 Å². The summed E-state index contributed by atoms with van der Waals surface area (Å²) in [4.78, 5) is 36.2. The van der Waals surface area contributed by atoms with Crippen LogP contribution < -0.4 is 21.5 Å². The summed E-state index contributed by atoms with van der Waals surface area (Å²) in [5.74, 6) is 0.553. The Labute approximate surface area is 249 Å². The van der Waals surface area contributed by atoms with Crippen LogP contribution in [0.3, 0.4) is 0 Å². The van der Waals surface area contributed by atoms with Gasteiger partial charge in [-0.1, -0.05) is 44.7 Å². The van der Waals surface area contributed by atoms with E-state index in [1.165, 1.54) is 32.1 Å². The first-order chi connectivity index (χ1) is 20.2. The fourth-order valence-corrected chi connectivity index (χ4v) is 6.41. The second kappa shape index (κ2) is 13.4. The van der Waals surface area contributed by atoms with Crippen LogP contribution in [0.5, 0.6) is 0 Å². The van der Waals surface area contributed by atoms with Gasteiger partial charge >= 0.3 is 6.09 Å². The number of hydrogen-bond acceptors (Lipinski definition) is 7. The quantitative estimate of drug-likeness (QED) is 0.195. The minimum Gasteiger partial charge on any atom is -0.444 e. The number of benzene rings is 1. The molecular formula is C33H48N6O3. The van der Waals surface area contributed by atoms with E-state index in [-0.39, 0.29) is 23.7 Å². The number of aromatic nitrogens is 3. The second-order valence-electron chi connectivity index (χ2n) is 13.1. The molecule has 3 N–H and O–H groups in total. The van der Waals surface area contributed by atoms with E-state index < -0.39 is 5.60 Å². The van der Waals surface area contributed by atoms with Gasteiger partial charge in [-0.05, 0) is 82.7 Å². The molecule has 0 unspecified atom stereocenters. The number of anilines is 1. The van der Waals surface area contributed by atoms with Crippen LogP contribution in [0.1, 0.15) is 110 Å². The summed E-state index contributed by atoms with van der Waals surface area (Å²) in [5, 5.41) is 12.6. The van der Waals surface area contributed by atoms with Gasteiger partial charge in [0, 0.05) is 48.2 Å². The van der Waals surface area contributed by atoms with Gasteiger partial charge in [-0.2, -0.15) is 4.98 Å². The summed E-state index contributed by atoms with van der Waals surface area (Å²) in [7, 11) is 0. The molecule has 0 radical (unpaired) electrons. The van der Waals surface area contributed by atoms with E-state index >= 15 is 0 Å². The molecule has 5 rings (SSSR count). The number of rotatable bonds is 9. The Morgan fingerprint density at radius 2 is 1.76 bits per heavy atom. The van der Waals surface area contributed by atoms with Crippen molar-refractivity contribution in [3.05, 3.63) is 40.3 Å². The molecule has 0 saturated heterocycles. The SMILES string of the molecule is CCCCNc1ncc2c3ccc(CNC4CCCCC4)cc3c(=O)n([C@H]3CC[C@H](NC(=O)OC(C)(C)C)CC3)c2n1. The van der Waals surface area contributed by atoms with E-state index in [9.17, 15) is 9.59 Å². The Hall–Kier alpha value is -3.20. The monoisotopic (exact) mass is 576 g/mol. The van der Waals surface area contributed by atoms with Crippen LogP contribution in [0, 0.1) is 0 Å². The summed E-state index contributed by atoms with van der Waals surface area (Å²) in [5.41, 5.74) is 1.27. The van der Waals surface area contributed by atoms with Crippen LogP contribution in [0.25, 0.3) is 21.8 Å². The topological polar surface area (TPSA) is 110 Å². The van der Waals surface area contributed by atoms with Crippen LogP contribution >= 0.6 is 0 Å². The van der Waals surface area contributed by atoms with Crippen molar-refractivity contribution in [1.82, 2.24) is 25.2 Å². The molecule has 9 heteroatoms. The standard InChI is InChI=1S/C33H48N6O3/c1-5-6-18-34-31-36-21-28-26-17-12-22(20-35-23-10-8-7-9-11-23)19-27(26)30(40)39(29(28)38-31)25-15-13-24(14-16-25)37-32(41)42-33(2,3)4/h12,17,19,21,23-25,35H,5-11,13-16,18,20H2,1-4H3,(H,37,41)(H,34,36,38)/t24-,25-. The molecule has 2 aromatic heterocycles. The maximum Gasteiger partial charge on any atom is 0.407 e. The van der Waals surface area contributed by atoms with E-state index in [2.05, 4.69) is 46.1 Å². The zero-order valence-corrected chi connectivity index (χ0v) is 25.8. The summed E-state index contributed by atoms with van der Waals surface area (Å²) in [6, 6.07) is 6.82. The van der Waals surface area contributed by atoms with E-state index in [4.69, 9.17) is 9.72 Å². The normalized spacial score (nSPS) is 20.1. The van der Waals surface area contributed by atoms with E-state index in [0.29, 0.717) is 17.6 Å². The molecule has 228 valence electrons. The third-order valence-electron chi connectivity index (χ3n) is 8.62. The molecule has 2 aliphatic carbocycles. The average molecular weight is 577 g/mol. The van der Waals surface area contributed by atoms with Crippen LogP contribution in [0.4, 0.5) is 10.7 Å². The number of hydrogen-bond donors (Lipinski definition) is 3. The number of carbonyl (C=O) groups excluding carboxylic acids is 1. The molecule has 0 aliphatic heterocycles. The molecule has 1 amide bonds. The molecule has 2 saturated carbocycles. The van der Waals surface area contributed by atoms with Gasteiger partial charge in [0.15, 0.2) is 0 Å². The minimum absolute atomic E-state index is 0.00113. The lowest BCUT2D eigenvalue weighted by molar-refractivity contribution is 0.0488. The lowest BCUT2D eigenvalue weighted by Crippen LogP contribution is -2.41. The maximum absolute atomic E-state index is 14.3. The smallest absolute Gasteiger partial charge is 0.407 e. The molecule has 9 nitrogen and oxygen atoms in total. The number of pyridine rings is 1. The van der Waals surface area contributed by atoms with Crippen LogP contribution in [-0.2, 0) is 11.3 Å². The van der Waals surface area contributed by atoms with Crippen molar-refractivity contribution in [1.29, 1.82) is 0 Å². The highest BCUT2D eigenvalue weighted by Gasteiger charge is 2.28. The summed E-state index contributed by atoms with van der Waals surface area (Å²) < 4.78 is 7.37. The first kappa shape index (κ1) is 30.3. The highest BCUT2D eigenvalue weighted by atomic mass is 16.6. The number of fused-ring (bicyclic) bond motifs is 3. The van der Waals surface area contributed by atoms with Crippen molar-refractivity contribution >= 4 is 33.8 Å². The predicted octanol–water partition coefficient (Wildman–Crippen LogP) is 6.59. The molecule has 0 spiro atoms. The van der Waals surface area contributed by atoms with Gasteiger partial charge in [-0.3, -0.25) is 9.36 Å². The van der Waals surface area contributed by atoms with E-state index in [0.717, 1.165) is 73.3 Å². The summed E-state index contributed by atoms with van der Waals surface area (Å²) in [6.07, 6.45) is 13.0. The molecule has 3 aromatic rings. The van der Waals surface area contributed by atoms with E-state index in [1.54, 1.807) is 0 Å². The molecule has 2 fully saturated rings. The lowest BCUT2D eigenvalue weighted by Gasteiger charge is -2.31. The van der Waals surface area contributed by atoms with Crippen molar-refractivity contribution < 1.29 is 9.53 Å². The Kier molecular flexibility index (Phi) is 9.66. The zero-order chi connectivity index (χ0) is 29.7. The highest BCUT2D eigenvalue weighted by molar-refractivity contribution is 6.04. The third-order valence-corrected chi connectivity index (χ3v) is 8.62. The number of ether oxygens (including phenoxy) is 1. The Morgan fingerprint density at radius 1 is 1.00 bits per heavy atom. The minimum atomic E-state index is -0.536. The van der Waals surface area contributed by atoms with Crippen molar-refractivity contribution in [2.45, 2.75) is 129 Å². The highest BCUT2D eigenvalue weighted by Crippen LogP contribution is 2.32. The molecule has 1 aromatic carbocycles. The zero-order valence-electron chi connectivity index (χ0n) is 25.8. The summed E-state index contributed by atoms with van der Waals surface area (Å²) in [6.45, 7) is 9.30. The fraction of sp³-hybridized carbons (Fsp3) is 0.636. The molecule has 0 atom stereocenters. The van der Waals surface area contributed by atoms with Crippen molar-refractivity contribution in [3.63, 3.8) is 0 Å². The van der Waals surface area contributed by atoms with Crippen LogP contribution in [-0.4, -0.2) is 44.9 Å². The number of alkyl carbamates (subject to hydrolysis) is 1.